The highest BCUT2D eigenvalue weighted by Crippen LogP contribution is 2.33. The second-order valence-corrected chi connectivity index (χ2v) is 8.87. The summed E-state index contributed by atoms with van der Waals surface area (Å²) in [6, 6.07) is -0.162. The second kappa shape index (κ2) is 8.67. The zero-order valence-electron chi connectivity index (χ0n) is 17.4. The van der Waals surface area contributed by atoms with Gasteiger partial charge in [0.25, 0.3) is 5.56 Å². The van der Waals surface area contributed by atoms with Gasteiger partial charge in [-0.05, 0) is 44.4 Å². The van der Waals surface area contributed by atoms with Crippen molar-refractivity contribution < 1.29 is 9.59 Å². The Morgan fingerprint density at radius 2 is 1.83 bits per heavy atom. The number of rotatable bonds is 3. The predicted octanol–water partition coefficient (Wildman–Crippen LogP) is 2.70. The van der Waals surface area contributed by atoms with Crippen LogP contribution in [0, 0.1) is 5.92 Å². The topological polar surface area (TPSA) is 86.4 Å². The van der Waals surface area contributed by atoms with Gasteiger partial charge >= 0.3 is 0 Å². The van der Waals surface area contributed by atoms with Gasteiger partial charge in [0.1, 0.15) is 5.82 Å². The van der Waals surface area contributed by atoms with Gasteiger partial charge in [0, 0.05) is 32.0 Å². The minimum Gasteiger partial charge on any atom is -0.337 e. The normalized spacial score (nSPS) is 23.0. The molecule has 1 aromatic heterocycles. The molecule has 1 aliphatic carbocycles. The molecule has 0 bridgehead atoms. The molecule has 2 fully saturated rings. The van der Waals surface area contributed by atoms with Gasteiger partial charge in [0.05, 0.1) is 18.3 Å². The summed E-state index contributed by atoms with van der Waals surface area (Å²) in [6.45, 7) is 3.22. The third kappa shape index (κ3) is 4.38. The van der Waals surface area contributed by atoms with Crippen LogP contribution in [0.2, 0.25) is 0 Å². The first kappa shape index (κ1) is 20.1. The van der Waals surface area contributed by atoms with Crippen molar-refractivity contribution in [3.8, 4) is 0 Å². The molecule has 2 amide bonds. The van der Waals surface area contributed by atoms with Gasteiger partial charge in [-0.2, -0.15) is 0 Å². The number of aromatic nitrogens is 2. The molecule has 0 aromatic carbocycles. The van der Waals surface area contributed by atoms with Crippen molar-refractivity contribution >= 4 is 11.8 Å². The summed E-state index contributed by atoms with van der Waals surface area (Å²) in [5.74, 6) is 1.29. The van der Waals surface area contributed by atoms with E-state index >= 15 is 0 Å². The molecular weight excluding hydrogens is 368 g/mol. The number of hydrogen-bond acceptors (Lipinski definition) is 4. The van der Waals surface area contributed by atoms with E-state index < -0.39 is 0 Å². The van der Waals surface area contributed by atoms with E-state index in [1.54, 1.807) is 11.8 Å². The van der Waals surface area contributed by atoms with Crippen LogP contribution < -0.4 is 5.56 Å². The maximum atomic E-state index is 13.1. The number of carbonyl (C=O) groups is 2. The highest BCUT2D eigenvalue weighted by Gasteiger charge is 2.32. The summed E-state index contributed by atoms with van der Waals surface area (Å²) in [6.07, 6.45) is 10.1. The van der Waals surface area contributed by atoms with E-state index in [1.165, 1.54) is 19.3 Å². The van der Waals surface area contributed by atoms with Crippen LogP contribution in [0.5, 0.6) is 0 Å². The second-order valence-electron chi connectivity index (χ2n) is 8.87. The first-order valence-electron chi connectivity index (χ1n) is 11.2. The fourth-order valence-corrected chi connectivity index (χ4v) is 5.16. The van der Waals surface area contributed by atoms with E-state index in [-0.39, 0.29) is 23.4 Å². The van der Waals surface area contributed by atoms with Crippen LogP contribution in [0.1, 0.15) is 87.8 Å². The summed E-state index contributed by atoms with van der Waals surface area (Å²) in [4.78, 5) is 49.0. The average molecular weight is 401 g/mol. The largest absolute Gasteiger partial charge is 0.337 e. The first-order valence-corrected chi connectivity index (χ1v) is 11.2. The third-order valence-corrected chi connectivity index (χ3v) is 6.86. The van der Waals surface area contributed by atoms with Crippen LogP contribution in [0.15, 0.2) is 4.79 Å². The molecule has 1 saturated carbocycles. The number of amides is 2. The van der Waals surface area contributed by atoms with Crippen molar-refractivity contribution in [2.75, 3.05) is 13.1 Å². The van der Waals surface area contributed by atoms with E-state index in [4.69, 9.17) is 4.98 Å². The fourth-order valence-electron chi connectivity index (χ4n) is 5.16. The van der Waals surface area contributed by atoms with Crippen LogP contribution in [0.25, 0.3) is 0 Å². The van der Waals surface area contributed by atoms with Gasteiger partial charge in [0.15, 0.2) is 0 Å². The summed E-state index contributed by atoms with van der Waals surface area (Å²) in [5.41, 5.74) is 1.26. The van der Waals surface area contributed by atoms with E-state index in [0.717, 1.165) is 38.6 Å². The van der Waals surface area contributed by atoms with Crippen molar-refractivity contribution in [2.45, 2.75) is 83.7 Å². The lowest BCUT2D eigenvalue weighted by molar-refractivity contribution is -0.136. The number of nitrogens with one attached hydrogen (secondary N) is 1. The summed E-state index contributed by atoms with van der Waals surface area (Å²) in [5, 5.41) is 0. The number of piperidine rings is 1. The van der Waals surface area contributed by atoms with Crippen molar-refractivity contribution in [1.29, 1.82) is 0 Å². The molecule has 4 rings (SSSR count). The third-order valence-electron chi connectivity index (χ3n) is 6.86. The standard InChI is InChI=1S/C22H32N4O3/c1-15(27)25-12-10-17-18(14-25)23-21(24-22(17)29)19-9-5-6-11-26(19)20(28)13-16-7-3-2-4-8-16/h16,19H,2-14H2,1H3,(H,23,24,29). The highest BCUT2D eigenvalue weighted by molar-refractivity contribution is 5.77. The lowest BCUT2D eigenvalue weighted by atomic mass is 9.86. The summed E-state index contributed by atoms with van der Waals surface area (Å²) < 4.78 is 0. The van der Waals surface area contributed by atoms with Gasteiger partial charge in [-0.3, -0.25) is 14.4 Å². The van der Waals surface area contributed by atoms with Gasteiger partial charge in [-0.15, -0.1) is 0 Å². The zero-order chi connectivity index (χ0) is 20.4. The molecule has 0 spiro atoms. The van der Waals surface area contributed by atoms with Crippen molar-refractivity contribution in [2.24, 2.45) is 5.92 Å². The van der Waals surface area contributed by atoms with Crippen LogP contribution in [-0.4, -0.2) is 44.7 Å². The molecule has 0 radical (unpaired) electrons. The molecule has 3 heterocycles. The molecule has 2 aliphatic heterocycles. The number of carbonyl (C=O) groups excluding carboxylic acids is 2. The highest BCUT2D eigenvalue weighted by atomic mass is 16.2. The molecule has 1 unspecified atom stereocenters. The summed E-state index contributed by atoms with van der Waals surface area (Å²) in [7, 11) is 0. The maximum absolute atomic E-state index is 13.1. The van der Waals surface area contributed by atoms with Crippen LogP contribution in [0.4, 0.5) is 0 Å². The molecule has 7 nitrogen and oxygen atoms in total. The Labute approximate surface area is 171 Å². The van der Waals surface area contributed by atoms with Gasteiger partial charge in [-0.25, -0.2) is 4.98 Å². The lowest BCUT2D eigenvalue weighted by Gasteiger charge is -2.37. The Balaban J connectivity index is 1.56. The number of nitrogens with zero attached hydrogens (tertiary/aromatic N) is 3. The number of likely N-dealkylation sites (tertiary alicyclic amines) is 1. The SMILES string of the molecule is CC(=O)N1CCc2c(nc(C3CCCCN3C(=O)CC3CCCCC3)[nH]c2=O)C1. The van der Waals surface area contributed by atoms with Gasteiger partial charge in [0.2, 0.25) is 11.8 Å². The molecule has 1 aromatic rings. The fraction of sp³-hybridized carbons (Fsp3) is 0.727. The molecule has 1 N–H and O–H groups in total. The van der Waals surface area contributed by atoms with Crippen LogP contribution in [-0.2, 0) is 22.6 Å². The Hall–Kier alpha value is -2.18. The molecular formula is C22H32N4O3. The number of hydrogen-bond donors (Lipinski definition) is 1. The minimum atomic E-state index is -0.162. The van der Waals surface area contributed by atoms with Crippen molar-refractivity contribution in [3.63, 3.8) is 0 Å². The number of aromatic amines is 1. The average Bonchev–Trinajstić information content (AvgIpc) is 2.74. The Bertz CT molecular complexity index is 828. The maximum Gasteiger partial charge on any atom is 0.254 e. The van der Waals surface area contributed by atoms with E-state index in [1.807, 2.05) is 4.90 Å². The molecule has 29 heavy (non-hydrogen) atoms. The van der Waals surface area contributed by atoms with E-state index in [9.17, 15) is 14.4 Å². The Kier molecular flexibility index (Phi) is 6.01. The monoisotopic (exact) mass is 400 g/mol. The van der Waals surface area contributed by atoms with Crippen molar-refractivity contribution in [1.82, 2.24) is 19.8 Å². The first-order chi connectivity index (χ1) is 14.0. The van der Waals surface area contributed by atoms with E-state index in [0.29, 0.717) is 48.9 Å². The predicted molar refractivity (Wildman–Crippen MR) is 109 cm³/mol. The van der Waals surface area contributed by atoms with Crippen LogP contribution >= 0.6 is 0 Å². The quantitative estimate of drug-likeness (QED) is 0.845. The lowest BCUT2D eigenvalue weighted by Crippen LogP contribution is -2.42. The summed E-state index contributed by atoms with van der Waals surface area (Å²) >= 11 is 0. The number of fused-ring (bicyclic) bond motifs is 1. The van der Waals surface area contributed by atoms with E-state index in [2.05, 4.69) is 4.98 Å². The molecule has 158 valence electrons. The molecule has 1 saturated heterocycles. The zero-order valence-corrected chi connectivity index (χ0v) is 17.4. The Morgan fingerprint density at radius 1 is 1.07 bits per heavy atom. The van der Waals surface area contributed by atoms with Gasteiger partial charge < -0.3 is 14.8 Å². The van der Waals surface area contributed by atoms with Crippen LogP contribution in [0.3, 0.4) is 0 Å². The smallest absolute Gasteiger partial charge is 0.254 e. The molecule has 7 heteroatoms. The minimum absolute atomic E-state index is 0.00114. The molecule has 3 aliphatic rings. The number of H-pyrrole nitrogens is 1. The Morgan fingerprint density at radius 3 is 2.59 bits per heavy atom. The molecule has 1 atom stereocenters. The van der Waals surface area contributed by atoms with Gasteiger partial charge in [-0.1, -0.05) is 19.3 Å². The van der Waals surface area contributed by atoms with Crippen molar-refractivity contribution in [3.05, 3.63) is 27.4 Å².